The maximum absolute atomic E-state index is 11.6. The van der Waals surface area contributed by atoms with E-state index in [1.54, 1.807) is 5.57 Å². The van der Waals surface area contributed by atoms with Gasteiger partial charge in [-0.2, -0.15) is 0 Å². The molecule has 0 aromatic heterocycles. The molecule has 4 aliphatic carbocycles. The molecular weight excluding hydrogens is 348 g/mol. The molecule has 0 radical (unpaired) electrons. The van der Waals surface area contributed by atoms with Gasteiger partial charge in [0.05, 0.1) is 13.2 Å². The number of methoxy groups -OCH3 is 1. The summed E-state index contributed by atoms with van der Waals surface area (Å²) in [5.74, 6) is 3.74. The lowest BCUT2D eigenvalue weighted by Crippen LogP contribution is -2.50. The van der Waals surface area contributed by atoms with Gasteiger partial charge in [-0.15, -0.1) is 0 Å². The molecule has 3 fully saturated rings. The highest BCUT2D eigenvalue weighted by molar-refractivity contribution is 5.69. The molecule has 4 rings (SSSR count). The molecule has 4 aliphatic rings. The van der Waals surface area contributed by atoms with Crippen LogP contribution in [0.1, 0.15) is 85.0 Å². The van der Waals surface area contributed by atoms with Gasteiger partial charge < -0.3 is 9.84 Å². The number of carbonyl (C=O) groups is 1. The smallest absolute Gasteiger partial charge is 0.305 e. The lowest BCUT2D eigenvalue weighted by Gasteiger charge is -2.58. The largest absolute Gasteiger partial charge is 0.469 e. The highest BCUT2D eigenvalue weighted by Crippen LogP contribution is 2.67. The van der Waals surface area contributed by atoms with Crippen molar-refractivity contribution < 1.29 is 14.6 Å². The third-order valence-corrected chi connectivity index (χ3v) is 9.87. The number of ether oxygens (including phenoxy) is 1. The molecule has 158 valence electrons. The zero-order valence-electron chi connectivity index (χ0n) is 18.4. The molecule has 0 saturated heterocycles. The summed E-state index contributed by atoms with van der Waals surface area (Å²) in [5.41, 5.74) is 2.34. The van der Waals surface area contributed by atoms with E-state index in [1.807, 2.05) is 0 Å². The van der Waals surface area contributed by atoms with Crippen molar-refractivity contribution in [1.82, 2.24) is 0 Å². The van der Waals surface area contributed by atoms with Crippen molar-refractivity contribution in [2.75, 3.05) is 7.11 Å². The molecule has 0 aromatic carbocycles. The standard InChI is InChI=1S/C25H40O3/c1-16(5-10-23(27)28-4)20-8-9-21-19-7-6-17-15-18(26)11-13-24(17,2)22(19)12-14-25(20,21)3/h6,16,18-22,26H,5,7-15H2,1-4H3/t16-,18-,19+,20-,21+,22+,24-,25-/m0/s1. The molecule has 3 heteroatoms. The Hall–Kier alpha value is -0.830. The van der Waals surface area contributed by atoms with Gasteiger partial charge in [0.2, 0.25) is 0 Å². The Morgan fingerprint density at radius 1 is 1.21 bits per heavy atom. The number of aliphatic hydroxyl groups is 1. The maximum Gasteiger partial charge on any atom is 0.305 e. The monoisotopic (exact) mass is 388 g/mol. The summed E-state index contributed by atoms with van der Waals surface area (Å²) in [4.78, 5) is 11.6. The topological polar surface area (TPSA) is 46.5 Å². The van der Waals surface area contributed by atoms with Crippen LogP contribution in [0, 0.1) is 40.4 Å². The van der Waals surface area contributed by atoms with Gasteiger partial charge in [-0.05, 0) is 98.2 Å². The van der Waals surface area contributed by atoms with Gasteiger partial charge in [0.15, 0.2) is 0 Å². The molecule has 0 bridgehead atoms. The summed E-state index contributed by atoms with van der Waals surface area (Å²) in [6, 6.07) is 0. The average molecular weight is 389 g/mol. The highest BCUT2D eigenvalue weighted by Gasteiger charge is 2.59. The summed E-state index contributed by atoms with van der Waals surface area (Å²) in [6.45, 7) is 7.46. The zero-order chi connectivity index (χ0) is 20.1. The lowest BCUT2D eigenvalue weighted by atomic mass is 9.47. The average Bonchev–Trinajstić information content (AvgIpc) is 3.03. The lowest BCUT2D eigenvalue weighted by molar-refractivity contribution is -0.141. The van der Waals surface area contributed by atoms with E-state index in [1.165, 1.54) is 45.6 Å². The summed E-state index contributed by atoms with van der Waals surface area (Å²) >= 11 is 0. The van der Waals surface area contributed by atoms with Crippen LogP contribution < -0.4 is 0 Å². The minimum Gasteiger partial charge on any atom is -0.469 e. The number of hydrogen-bond acceptors (Lipinski definition) is 3. The minimum atomic E-state index is -0.115. The van der Waals surface area contributed by atoms with Crippen molar-refractivity contribution in [2.24, 2.45) is 40.4 Å². The van der Waals surface area contributed by atoms with E-state index in [9.17, 15) is 9.90 Å². The fourth-order valence-corrected chi connectivity index (χ4v) is 8.27. The van der Waals surface area contributed by atoms with E-state index in [2.05, 4.69) is 26.8 Å². The molecule has 0 spiro atoms. The van der Waals surface area contributed by atoms with Gasteiger partial charge in [-0.25, -0.2) is 0 Å². The predicted octanol–water partition coefficient (Wildman–Crippen LogP) is 5.52. The number of rotatable bonds is 4. The first-order chi connectivity index (χ1) is 13.3. The molecule has 0 heterocycles. The zero-order valence-corrected chi connectivity index (χ0v) is 18.4. The summed E-state index contributed by atoms with van der Waals surface area (Å²) in [7, 11) is 1.50. The Labute approximate surface area is 171 Å². The summed E-state index contributed by atoms with van der Waals surface area (Å²) in [5, 5.41) is 10.2. The second-order valence-corrected chi connectivity index (χ2v) is 11.0. The Morgan fingerprint density at radius 2 is 2.00 bits per heavy atom. The first kappa shape index (κ1) is 20.4. The van der Waals surface area contributed by atoms with Gasteiger partial charge in [0, 0.05) is 6.42 Å². The van der Waals surface area contributed by atoms with Gasteiger partial charge in [0.1, 0.15) is 0 Å². The minimum absolute atomic E-state index is 0.0624. The van der Waals surface area contributed by atoms with Crippen LogP contribution in [0.25, 0.3) is 0 Å². The molecule has 8 atom stereocenters. The second-order valence-electron chi connectivity index (χ2n) is 11.0. The van der Waals surface area contributed by atoms with E-state index in [0.717, 1.165) is 42.9 Å². The fourth-order valence-electron chi connectivity index (χ4n) is 8.27. The van der Waals surface area contributed by atoms with Crippen LogP contribution >= 0.6 is 0 Å². The van der Waals surface area contributed by atoms with Gasteiger partial charge in [-0.1, -0.05) is 32.4 Å². The molecule has 1 N–H and O–H groups in total. The van der Waals surface area contributed by atoms with Crippen molar-refractivity contribution in [3.63, 3.8) is 0 Å². The Morgan fingerprint density at radius 3 is 2.75 bits per heavy atom. The molecule has 0 aromatic rings. The number of allylic oxidation sites excluding steroid dienone is 1. The van der Waals surface area contributed by atoms with Crippen LogP contribution in [0.15, 0.2) is 11.6 Å². The van der Waals surface area contributed by atoms with Crippen LogP contribution in [-0.2, 0) is 9.53 Å². The highest BCUT2D eigenvalue weighted by atomic mass is 16.5. The quantitative estimate of drug-likeness (QED) is 0.510. The Kier molecular flexibility index (Phi) is 5.44. The maximum atomic E-state index is 11.6. The van der Waals surface area contributed by atoms with Crippen LogP contribution in [0.3, 0.4) is 0 Å². The summed E-state index contributed by atoms with van der Waals surface area (Å²) < 4.78 is 4.87. The van der Waals surface area contributed by atoms with E-state index in [4.69, 9.17) is 4.74 Å². The summed E-state index contributed by atoms with van der Waals surface area (Å²) in [6.07, 6.45) is 13.6. The number of esters is 1. The number of hydrogen-bond donors (Lipinski definition) is 1. The molecule has 0 unspecified atom stereocenters. The first-order valence-electron chi connectivity index (χ1n) is 11.7. The molecule has 0 aliphatic heterocycles. The van der Waals surface area contributed by atoms with Gasteiger partial charge >= 0.3 is 5.97 Å². The van der Waals surface area contributed by atoms with Crippen LogP contribution in [-0.4, -0.2) is 24.3 Å². The van der Waals surface area contributed by atoms with Crippen LogP contribution in [0.5, 0.6) is 0 Å². The van der Waals surface area contributed by atoms with Crippen molar-refractivity contribution in [3.05, 3.63) is 11.6 Å². The number of aliphatic hydroxyl groups excluding tert-OH is 1. The number of fused-ring (bicyclic) bond motifs is 5. The molecular formula is C25H40O3. The normalized spacial score (nSPS) is 46.0. The van der Waals surface area contributed by atoms with E-state index in [-0.39, 0.29) is 12.1 Å². The van der Waals surface area contributed by atoms with Crippen molar-refractivity contribution in [1.29, 1.82) is 0 Å². The third-order valence-electron chi connectivity index (χ3n) is 9.87. The van der Waals surface area contributed by atoms with E-state index in [0.29, 0.717) is 23.2 Å². The van der Waals surface area contributed by atoms with Crippen molar-refractivity contribution >= 4 is 5.97 Å². The predicted molar refractivity (Wildman–Crippen MR) is 112 cm³/mol. The number of carbonyl (C=O) groups excluding carboxylic acids is 1. The Balaban J connectivity index is 1.51. The fraction of sp³-hybridized carbons (Fsp3) is 0.880. The van der Waals surface area contributed by atoms with E-state index >= 15 is 0 Å². The molecule has 28 heavy (non-hydrogen) atoms. The SMILES string of the molecule is COC(=O)CC[C@H](C)[C@@H]1CC[C@@H]2[C@H]3CC=C4C[C@@H](O)CC[C@]4(C)[C@@H]3CC[C@]21C. The first-order valence-corrected chi connectivity index (χ1v) is 11.7. The van der Waals surface area contributed by atoms with Crippen LogP contribution in [0.2, 0.25) is 0 Å². The Bertz CT molecular complexity index is 640. The molecule has 3 saturated carbocycles. The van der Waals surface area contributed by atoms with Crippen molar-refractivity contribution in [2.45, 2.75) is 91.1 Å². The second kappa shape index (κ2) is 7.45. The van der Waals surface area contributed by atoms with E-state index < -0.39 is 0 Å². The van der Waals surface area contributed by atoms with Crippen LogP contribution in [0.4, 0.5) is 0 Å². The van der Waals surface area contributed by atoms with Crippen molar-refractivity contribution in [3.8, 4) is 0 Å². The molecule has 3 nitrogen and oxygen atoms in total. The third kappa shape index (κ3) is 3.16. The van der Waals surface area contributed by atoms with Gasteiger partial charge in [0.25, 0.3) is 0 Å². The molecule has 0 amide bonds. The van der Waals surface area contributed by atoms with Gasteiger partial charge in [-0.3, -0.25) is 4.79 Å².